The van der Waals surface area contributed by atoms with Crippen molar-refractivity contribution >= 4 is 17.0 Å². The second-order valence-corrected chi connectivity index (χ2v) is 4.16. The summed E-state index contributed by atoms with van der Waals surface area (Å²) < 4.78 is 12.5. The molecule has 7 heteroatoms. The van der Waals surface area contributed by atoms with Crippen molar-refractivity contribution in [3.05, 3.63) is 36.8 Å². The van der Waals surface area contributed by atoms with Crippen molar-refractivity contribution in [2.75, 3.05) is 11.9 Å². The van der Waals surface area contributed by atoms with Gasteiger partial charge in [-0.05, 0) is 19.1 Å². The molecule has 0 fully saturated rings. The van der Waals surface area contributed by atoms with E-state index in [4.69, 9.17) is 9.15 Å². The summed E-state index contributed by atoms with van der Waals surface area (Å²) >= 11 is 0. The largest absolute Gasteiger partial charge is 0.467 e. The fourth-order valence-electron chi connectivity index (χ4n) is 1.88. The third kappa shape index (κ3) is 2.48. The van der Waals surface area contributed by atoms with Crippen molar-refractivity contribution < 1.29 is 9.15 Å². The Morgan fingerprint density at radius 2 is 2.30 bits per heavy atom. The quantitative estimate of drug-likeness (QED) is 0.740. The highest BCUT2D eigenvalue weighted by Gasteiger charge is 2.10. The van der Waals surface area contributed by atoms with Gasteiger partial charge in [0.1, 0.15) is 18.8 Å². The van der Waals surface area contributed by atoms with Crippen LogP contribution >= 0.6 is 0 Å². The van der Waals surface area contributed by atoms with Crippen LogP contribution in [0.3, 0.4) is 0 Å². The van der Waals surface area contributed by atoms with Crippen LogP contribution in [-0.2, 0) is 18.0 Å². The SMILES string of the molecule is CCOCn1cnc2c(NCc3ccco3)ncnc21. The van der Waals surface area contributed by atoms with Gasteiger partial charge in [-0.15, -0.1) is 0 Å². The van der Waals surface area contributed by atoms with Crippen LogP contribution in [0.1, 0.15) is 12.7 Å². The van der Waals surface area contributed by atoms with Crippen molar-refractivity contribution in [1.29, 1.82) is 0 Å². The third-order valence-electron chi connectivity index (χ3n) is 2.85. The van der Waals surface area contributed by atoms with Crippen LogP contribution in [0.2, 0.25) is 0 Å². The number of hydrogen-bond donors (Lipinski definition) is 1. The van der Waals surface area contributed by atoms with Crippen molar-refractivity contribution in [1.82, 2.24) is 19.5 Å². The summed E-state index contributed by atoms with van der Waals surface area (Å²) in [7, 11) is 0. The number of nitrogens with one attached hydrogen (secondary N) is 1. The summed E-state index contributed by atoms with van der Waals surface area (Å²) in [5.74, 6) is 1.52. The molecule has 1 N–H and O–H groups in total. The molecule has 0 saturated carbocycles. The number of hydrogen-bond acceptors (Lipinski definition) is 6. The first-order chi connectivity index (χ1) is 9.88. The number of ether oxygens (including phenoxy) is 1. The molecule has 0 radical (unpaired) electrons. The van der Waals surface area contributed by atoms with Crippen LogP contribution in [0.15, 0.2) is 35.5 Å². The van der Waals surface area contributed by atoms with Crippen LogP contribution < -0.4 is 5.32 Å². The average Bonchev–Trinajstić information content (AvgIpc) is 3.12. The van der Waals surface area contributed by atoms with Crippen LogP contribution in [0.5, 0.6) is 0 Å². The van der Waals surface area contributed by atoms with E-state index in [1.165, 1.54) is 6.33 Å². The van der Waals surface area contributed by atoms with Gasteiger partial charge >= 0.3 is 0 Å². The predicted molar refractivity (Wildman–Crippen MR) is 73.0 cm³/mol. The second kappa shape index (κ2) is 5.70. The first-order valence-electron chi connectivity index (χ1n) is 6.38. The fraction of sp³-hybridized carbons (Fsp3) is 0.308. The van der Waals surface area contributed by atoms with E-state index in [1.807, 2.05) is 23.6 Å². The van der Waals surface area contributed by atoms with Gasteiger partial charge in [0, 0.05) is 6.61 Å². The number of aromatic nitrogens is 4. The van der Waals surface area contributed by atoms with Crippen molar-refractivity contribution in [3.8, 4) is 0 Å². The Morgan fingerprint density at radius 3 is 3.10 bits per heavy atom. The Balaban J connectivity index is 1.82. The summed E-state index contributed by atoms with van der Waals surface area (Å²) in [6.07, 6.45) is 4.85. The van der Waals surface area contributed by atoms with Gasteiger partial charge in [-0.2, -0.15) is 0 Å². The Morgan fingerprint density at radius 1 is 1.35 bits per heavy atom. The molecular formula is C13H15N5O2. The molecule has 3 heterocycles. The van der Waals surface area contributed by atoms with E-state index in [2.05, 4.69) is 20.3 Å². The van der Waals surface area contributed by atoms with Crippen molar-refractivity contribution in [2.45, 2.75) is 20.2 Å². The standard InChI is InChI=1S/C13H15N5O2/c1-2-19-9-18-8-17-11-12(15-7-16-13(11)18)14-6-10-4-3-5-20-10/h3-5,7-8H,2,6,9H2,1H3,(H,14,15,16). The third-order valence-corrected chi connectivity index (χ3v) is 2.85. The molecule has 0 unspecified atom stereocenters. The highest BCUT2D eigenvalue weighted by molar-refractivity contribution is 5.82. The highest BCUT2D eigenvalue weighted by Crippen LogP contribution is 2.18. The van der Waals surface area contributed by atoms with Gasteiger partial charge in [0.05, 0.1) is 19.1 Å². The molecule has 0 bridgehead atoms. The monoisotopic (exact) mass is 273 g/mol. The molecule has 0 saturated heterocycles. The van der Waals surface area contributed by atoms with Crippen LogP contribution in [0.25, 0.3) is 11.2 Å². The van der Waals surface area contributed by atoms with Gasteiger partial charge in [0.25, 0.3) is 0 Å². The topological polar surface area (TPSA) is 78.0 Å². The molecule has 0 atom stereocenters. The van der Waals surface area contributed by atoms with E-state index in [9.17, 15) is 0 Å². The van der Waals surface area contributed by atoms with Gasteiger partial charge in [-0.25, -0.2) is 15.0 Å². The van der Waals surface area contributed by atoms with E-state index in [-0.39, 0.29) is 0 Å². The van der Waals surface area contributed by atoms with Gasteiger partial charge in [0.15, 0.2) is 17.0 Å². The summed E-state index contributed by atoms with van der Waals surface area (Å²) in [5.41, 5.74) is 1.47. The Hall–Kier alpha value is -2.41. The molecule has 3 rings (SSSR count). The fourth-order valence-corrected chi connectivity index (χ4v) is 1.88. The first kappa shape index (κ1) is 12.6. The van der Waals surface area contributed by atoms with E-state index < -0.39 is 0 Å². The second-order valence-electron chi connectivity index (χ2n) is 4.16. The smallest absolute Gasteiger partial charge is 0.167 e. The van der Waals surface area contributed by atoms with Gasteiger partial charge in [-0.1, -0.05) is 0 Å². The molecule has 7 nitrogen and oxygen atoms in total. The summed E-state index contributed by atoms with van der Waals surface area (Å²) in [6, 6.07) is 3.75. The number of nitrogens with zero attached hydrogens (tertiary/aromatic N) is 4. The van der Waals surface area contributed by atoms with Crippen LogP contribution in [0, 0.1) is 0 Å². The van der Waals surface area contributed by atoms with Gasteiger partial charge in [-0.3, -0.25) is 4.57 Å². The predicted octanol–water partition coefficient (Wildman–Crippen LogP) is 2.03. The number of anilines is 1. The molecule has 0 spiro atoms. The van der Waals surface area contributed by atoms with Crippen LogP contribution in [-0.4, -0.2) is 26.1 Å². The molecule has 0 aliphatic carbocycles. The normalized spacial score (nSPS) is 11.1. The molecule has 3 aromatic rings. The first-order valence-corrected chi connectivity index (χ1v) is 6.38. The zero-order chi connectivity index (χ0) is 13.8. The number of rotatable bonds is 6. The van der Waals surface area contributed by atoms with Gasteiger partial charge in [0.2, 0.25) is 0 Å². The molecule has 0 aromatic carbocycles. The Kier molecular flexibility index (Phi) is 3.60. The van der Waals surface area contributed by atoms with E-state index in [0.717, 1.165) is 16.9 Å². The minimum atomic E-state index is 0.432. The zero-order valence-electron chi connectivity index (χ0n) is 11.1. The zero-order valence-corrected chi connectivity index (χ0v) is 11.1. The van der Waals surface area contributed by atoms with Gasteiger partial charge < -0.3 is 14.5 Å². The Bertz CT molecular complexity index is 677. The summed E-state index contributed by atoms with van der Waals surface area (Å²) in [4.78, 5) is 12.8. The molecule has 3 aromatic heterocycles. The lowest BCUT2D eigenvalue weighted by Gasteiger charge is -2.05. The number of fused-ring (bicyclic) bond motifs is 1. The Labute approximate surface area is 115 Å². The molecule has 104 valence electrons. The van der Waals surface area contributed by atoms with E-state index >= 15 is 0 Å². The number of furan rings is 1. The lowest BCUT2D eigenvalue weighted by atomic mass is 10.4. The lowest BCUT2D eigenvalue weighted by Crippen LogP contribution is -2.04. The summed E-state index contributed by atoms with van der Waals surface area (Å²) in [5, 5.41) is 3.20. The molecule has 0 aliphatic heterocycles. The minimum absolute atomic E-state index is 0.432. The molecule has 0 aliphatic rings. The average molecular weight is 273 g/mol. The maximum absolute atomic E-state index is 5.37. The van der Waals surface area contributed by atoms with E-state index in [1.54, 1.807) is 12.6 Å². The molecule has 20 heavy (non-hydrogen) atoms. The summed E-state index contributed by atoms with van der Waals surface area (Å²) in [6.45, 7) is 3.58. The number of imidazole rings is 1. The van der Waals surface area contributed by atoms with E-state index in [0.29, 0.717) is 25.7 Å². The maximum Gasteiger partial charge on any atom is 0.167 e. The van der Waals surface area contributed by atoms with Crippen LogP contribution in [0.4, 0.5) is 5.82 Å². The highest BCUT2D eigenvalue weighted by atomic mass is 16.5. The van der Waals surface area contributed by atoms with Crippen molar-refractivity contribution in [2.24, 2.45) is 0 Å². The minimum Gasteiger partial charge on any atom is -0.467 e. The lowest BCUT2D eigenvalue weighted by molar-refractivity contribution is 0.0901. The van der Waals surface area contributed by atoms with Crippen molar-refractivity contribution in [3.63, 3.8) is 0 Å². The molecule has 0 amide bonds. The molecular weight excluding hydrogens is 258 g/mol. The maximum atomic E-state index is 5.37.